The van der Waals surface area contributed by atoms with Gasteiger partial charge >= 0.3 is 5.63 Å². The lowest BCUT2D eigenvalue weighted by atomic mass is 10.2. The summed E-state index contributed by atoms with van der Waals surface area (Å²) in [6.07, 6.45) is 0. The highest BCUT2D eigenvalue weighted by Crippen LogP contribution is 2.25. The highest BCUT2D eigenvalue weighted by molar-refractivity contribution is 6.36. The summed E-state index contributed by atoms with van der Waals surface area (Å²) >= 11 is 11.6. The minimum atomic E-state index is -0.897. The van der Waals surface area contributed by atoms with E-state index >= 15 is 0 Å². The summed E-state index contributed by atoms with van der Waals surface area (Å²) in [5.74, 6) is -2.22. The van der Waals surface area contributed by atoms with Gasteiger partial charge in [0.25, 0.3) is 5.91 Å². The maximum Gasteiger partial charge on any atom is 0.367 e. The van der Waals surface area contributed by atoms with Crippen LogP contribution in [0.5, 0.6) is 0 Å². The Bertz CT molecular complexity index is 978. The van der Waals surface area contributed by atoms with Crippen LogP contribution in [0.4, 0.5) is 8.78 Å². The van der Waals surface area contributed by atoms with Crippen molar-refractivity contribution in [1.82, 2.24) is 4.74 Å². The molecular weight excluding hydrogens is 339 g/mol. The SMILES string of the molecule is O=C(c1ccc(F)cc1Cl)n1oc(=O)c2c(Cl)cc(F)cc21. The zero-order chi connectivity index (χ0) is 16.0. The van der Waals surface area contributed by atoms with E-state index in [2.05, 4.69) is 0 Å². The molecule has 8 heteroatoms. The number of rotatable bonds is 1. The quantitative estimate of drug-likeness (QED) is 0.673. The molecule has 2 aromatic carbocycles. The predicted octanol–water partition coefficient (Wildman–Crippen LogP) is 3.87. The van der Waals surface area contributed by atoms with Crippen LogP contribution in [0, 0.1) is 11.6 Å². The summed E-state index contributed by atoms with van der Waals surface area (Å²) in [4.78, 5) is 24.2. The van der Waals surface area contributed by atoms with Gasteiger partial charge in [0.15, 0.2) is 0 Å². The fourth-order valence-electron chi connectivity index (χ4n) is 2.02. The van der Waals surface area contributed by atoms with Crippen LogP contribution in [-0.2, 0) is 0 Å². The van der Waals surface area contributed by atoms with Gasteiger partial charge in [0.2, 0.25) is 0 Å². The molecule has 22 heavy (non-hydrogen) atoms. The van der Waals surface area contributed by atoms with E-state index in [0.717, 1.165) is 30.3 Å². The van der Waals surface area contributed by atoms with Gasteiger partial charge in [-0.1, -0.05) is 23.2 Å². The minimum absolute atomic E-state index is 0.107. The molecule has 4 nitrogen and oxygen atoms in total. The first-order chi connectivity index (χ1) is 10.4. The topological polar surface area (TPSA) is 52.2 Å². The standard InChI is InChI=1S/C14H5Cl2F2NO3/c15-9-3-6(17)1-2-8(9)13(20)19-11-5-7(18)4-10(16)12(11)14(21)22-19/h1-5H. The average Bonchev–Trinajstić information content (AvgIpc) is 2.75. The second kappa shape index (κ2) is 5.23. The molecule has 1 aromatic heterocycles. The van der Waals surface area contributed by atoms with Crippen LogP contribution < -0.4 is 5.63 Å². The Morgan fingerprint density at radius 3 is 2.41 bits per heavy atom. The summed E-state index contributed by atoms with van der Waals surface area (Å²) < 4.78 is 31.9. The van der Waals surface area contributed by atoms with E-state index in [4.69, 9.17) is 27.7 Å². The lowest BCUT2D eigenvalue weighted by molar-refractivity contribution is 0.0850. The molecule has 0 radical (unpaired) electrons. The van der Waals surface area contributed by atoms with Crippen molar-refractivity contribution in [3.05, 3.63) is 68.0 Å². The van der Waals surface area contributed by atoms with E-state index in [1.807, 2.05) is 0 Å². The number of carbonyl (C=O) groups is 1. The smallest absolute Gasteiger partial charge is 0.327 e. The molecule has 112 valence electrons. The zero-order valence-corrected chi connectivity index (χ0v) is 12.1. The lowest BCUT2D eigenvalue weighted by Gasteiger charge is -2.04. The molecule has 0 amide bonds. The molecule has 0 aliphatic carbocycles. The molecule has 3 aromatic rings. The molecule has 0 spiro atoms. The average molecular weight is 344 g/mol. The van der Waals surface area contributed by atoms with Crippen LogP contribution in [0.3, 0.4) is 0 Å². The number of halogens is 4. The van der Waals surface area contributed by atoms with Crippen molar-refractivity contribution in [1.29, 1.82) is 0 Å². The Morgan fingerprint density at radius 1 is 1.05 bits per heavy atom. The first kappa shape index (κ1) is 14.7. The van der Waals surface area contributed by atoms with Gasteiger partial charge in [-0.05, 0) is 24.3 Å². The fraction of sp³-hybridized carbons (Fsp3) is 0. The number of fused-ring (bicyclic) bond motifs is 1. The zero-order valence-electron chi connectivity index (χ0n) is 10.6. The predicted molar refractivity (Wildman–Crippen MR) is 76.6 cm³/mol. The Morgan fingerprint density at radius 2 is 1.73 bits per heavy atom. The normalized spacial score (nSPS) is 11.1. The number of nitrogens with zero attached hydrogens (tertiary/aromatic N) is 1. The van der Waals surface area contributed by atoms with E-state index in [0.29, 0.717) is 4.74 Å². The van der Waals surface area contributed by atoms with Crippen molar-refractivity contribution in [3.8, 4) is 0 Å². The third-order valence-electron chi connectivity index (χ3n) is 2.98. The molecule has 0 saturated carbocycles. The minimum Gasteiger partial charge on any atom is -0.327 e. The van der Waals surface area contributed by atoms with Gasteiger partial charge in [0.1, 0.15) is 22.5 Å². The number of carbonyl (C=O) groups excluding carboxylic acids is 1. The van der Waals surface area contributed by atoms with E-state index in [1.165, 1.54) is 0 Å². The van der Waals surface area contributed by atoms with Gasteiger partial charge < -0.3 is 4.52 Å². The molecule has 3 rings (SSSR count). The third-order valence-corrected chi connectivity index (χ3v) is 3.59. The maximum atomic E-state index is 13.5. The highest BCUT2D eigenvalue weighted by atomic mass is 35.5. The molecule has 0 bridgehead atoms. The van der Waals surface area contributed by atoms with Gasteiger partial charge in [-0.3, -0.25) is 4.79 Å². The van der Waals surface area contributed by atoms with Crippen molar-refractivity contribution in [2.75, 3.05) is 0 Å². The molecule has 1 heterocycles. The molecule has 0 aliphatic heterocycles. The highest BCUT2D eigenvalue weighted by Gasteiger charge is 2.21. The first-order valence-electron chi connectivity index (χ1n) is 5.89. The summed E-state index contributed by atoms with van der Waals surface area (Å²) in [5.41, 5.74) is -1.14. The van der Waals surface area contributed by atoms with Gasteiger partial charge in [-0.25, -0.2) is 13.6 Å². The van der Waals surface area contributed by atoms with E-state index in [1.54, 1.807) is 0 Å². The van der Waals surface area contributed by atoms with E-state index < -0.39 is 23.2 Å². The monoisotopic (exact) mass is 343 g/mol. The van der Waals surface area contributed by atoms with Crippen LogP contribution in [0.15, 0.2) is 39.6 Å². The number of benzene rings is 2. The van der Waals surface area contributed by atoms with Crippen molar-refractivity contribution in [3.63, 3.8) is 0 Å². The molecule has 0 unspecified atom stereocenters. The van der Waals surface area contributed by atoms with Crippen molar-refractivity contribution < 1.29 is 18.1 Å². The Balaban J connectivity index is 2.26. The summed E-state index contributed by atoms with van der Waals surface area (Å²) in [6, 6.07) is 4.96. The summed E-state index contributed by atoms with van der Waals surface area (Å²) in [6.45, 7) is 0. The molecule has 0 fully saturated rings. The van der Waals surface area contributed by atoms with Gasteiger partial charge in [0.05, 0.1) is 15.6 Å². The fourth-order valence-corrected chi connectivity index (χ4v) is 2.55. The van der Waals surface area contributed by atoms with Crippen molar-refractivity contribution in [2.45, 2.75) is 0 Å². The number of hydrogen-bond donors (Lipinski definition) is 0. The third kappa shape index (κ3) is 2.30. The second-order valence-electron chi connectivity index (χ2n) is 4.38. The molecule has 0 N–H and O–H groups in total. The lowest BCUT2D eigenvalue weighted by Crippen LogP contribution is -2.12. The number of hydrogen-bond acceptors (Lipinski definition) is 3. The Labute approximate surface area is 131 Å². The number of aromatic nitrogens is 1. The first-order valence-corrected chi connectivity index (χ1v) is 6.65. The van der Waals surface area contributed by atoms with Crippen LogP contribution in [0.25, 0.3) is 10.9 Å². The van der Waals surface area contributed by atoms with Crippen LogP contribution in [0.2, 0.25) is 10.0 Å². The van der Waals surface area contributed by atoms with Gasteiger partial charge in [-0.2, -0.15) is 0 Å². The largest absolute Gasteiger partial charge is 0.367 e. The van der Waals surface area contributed by atoms with Crippen molar-refractivity contribution >= 4 is 40.0 Å². The Kier molecular flexibility index (Phi) is 3.50. The molecular formula is C14H5Cl2F2NO3. The van der Waals surface area contributed by atoms with Crippen LogP contribution in [-0.4, -0.2) is 10.6 Å². The second-order valence-corrected chi connectivity index (χ2v) is 5.20. The van der Waals surface area contributed by atoms with Crippen LogP contribution in [0.1, 0.15) is 10.4 Å². The van der Waals surface area contributed by atoms with E-state index in [9.17, 15) is 18.4 Å². The molecule has 0 aliphatic rings. The van der Waals surface area contributed by atoms with Gasteiger partial charge in [0, 0.05) is 6.07 Å². The van der Waals surface area contributed by atoms with Gasteiger partial charge in [-0.15, -0.1) is 4.74 Å². The van der Waals surface area contributed by atoms with Crippen LogP contribution >= 0.6 is 23.2 Å². The maximum absolute atomic E-state index is 13.5. The summed E-state index contributed by atoms with van der Waals surface area (Å²) in [7, 11) is 0. The van der Waals surface area contributed by atoms with E-state index in [-0.39, 0.29) is 26.5 Å². The molecule has 0 atom stereocenters. The molecule has 0 saturated heterocycles. The Hall–Kier alpha value is -2.18. The van der Waals surface area contributed by atoms with Crippen molar-refractivity contribution in [2.24, 2.45) is 0 Å². The summed E-state index contributed by atoms with van der Waals surface area (Å²) in [5, 5.41) is -0.479.